The first-order chi connectivity index (χ1) is 13.0. The van der Waals surface area contributed by atoms with Crippen molar-refractivity contribution >= 4 is 46.9 Å². The number of hydrogen-bond acceptors (Lipinski definition) is 8. The zero-order valence-electron chi connectivity index (χ0n) is 14.3. The Bertz CT molecular complexity index is 956. The molecule has 0 atom stereocenters. The van der Waals surface area contributed by atoms with E-state index in [0.717, 1.165) is 10.6 Å². The van der Waals surface area contributed by atoms with E-state index < -0.39 is 5.97 Å². The minimum absolute atomic E-state index is 0.0249. The van der Waals surface area contributed by atoms with Crippen molar-refractivity contribution in [1.82, 2.24) is 15.0 Å². The number of nitrogens with one attached hydrogen (secondary N) is 1. The predicted octanol–water partition coefficient (Wildman–Crippen LogP) is 3.93. The summed E-state index contributed by atoms with van der Waals surface area (Å²) in [6.45, 7) is -0.158. The molecule has 3 rings (SSSR count). The van der Waals surface area contributed by atoms with Crippen molar-refractivity contribution in [1.29, 1.82) is 0 Å². The maximum absolute atomic E-state index is 12.3. The highest BCUT2D eigenvalue weighted by molar-refractivity contribution is 7.98. The Labute approximate surface area is 165 Å². The van der Waals surface area contributed by atoms with Crippen LogP contribution in [0.1, 0.15) is 16.2 Å². The molecule has 0 aliphatic carbocycles. The van der Waals surface area contributed by atoms with E-state index >= 15 is 0 Å². The third-order valence-corrected chi connectivity index (χ3v) is 4.51. The number of nitrogen functional groups attached to an aromatic ring is 1. The quantitative estimate of drug-likeness (QED) is 0.473. The monoisotopic (exact) mass is 401 g/mol. The third-order valence-electron chi connectivity index (χ3n) is 3.45. The minimum atomic E-state index is -0.563. The second-order valence-electron chi connectivity index (χ2n) is 5.35. The second kappa shape index (κ2) is 8.70. The first-order valence-corrected chi connectivity index (χ1v) is 9.48. The van der Waals surface area contributed by atoms with Gasteiger partial charge in [0.2, 0.25) is 11.9 Å². The molecule has 0 radical (unpaired) electrons. The van der Waals surface area contributed by atoms with Gasteiger partial charge < -0.3 is 15.8 Å². The molecule has 3 N–H and O–H groups in total. The fraction of sp³-hybridized carbons (Fsp3) is 0.111. The highest BCUT2D eigenvalue weighted by atomic mass is 35.5. The van der Waals surface area contributed by atoms with E-state index in [1.807, 2.05) is 42.7 Å². The number of rotatable bonds is 6. The maximum Gasteiger partial charge on any atom is 0.340 e. The molecule has 1 aromatic heterocycles. The van der Waals surface area contributed by atoms with E-state index in [2.05, 4.69) is 20.3 Å². The molecular formula is C18H16ClN5O2S. The summed E-state index contributed by atoms with van der Waals surface area (Å²) < 4.78 is 5.29. The highest BCUT2D eigenvalue weighted by Crippen LogP contribution is 2.24. The number of nitrogens with two attached hydrogens (primary N) is 1. The van der Waals surface area contributed by atoms with Crippen molar-refractivity contribution in [3.63, 3.8) is 0 Å². The van der Waals surface area contributed by atoms with Crippen molar-refractivity contribution in [3.05, 3.63) is 64.9 Å². The summed E-state index contributed by atoms with van der Waals surface area (Å²) in [5, 5.41) is 3.34. The summed E-state index contributed by atoms with van der Waals surface area (Å²) in [4.78, 5) is 25.5. The fourth-order valence-electron chi connectivity index (χ4n) is 2.20. The van der Waals surface area contributed by atoms with Crippen LogP contribution in [0.3, 0.4) is 0 Å². The average molecular weight is 402 g/mol. The van der Waals surface area contributed by atoms with Crippen LogP contribution in [0.25, 0.3) is 0 Å². The first-order valence-electron chi connectivity index (χ1n) is 7.88. The largest absolute Gasteiger partial charge is 0.454 e. The van der Waals surface area contributed by atoms with Gasteiger partial charge in [0, 0.05) is 10.6 Å². The van der Waals surface area contributed by atoms with Gasteiger partial charge in [0.25, 0.3) is 0 Å². The van der Waals surface area contributed by atoms with Gasteiger partial charge in [0.1, 0.15) is 0 Å². The molecule has 0 fully saturated rings. The number of ether oxygens (including phenoxy) is 1. The standard InChI is InChI=1S/C18H16ClN5O2S/c1-27-12-7-8-14(19)13(9-12)16(25)26-10-15-22-17(20)24-18(23-15)21-11-5-3-2-4-6-11/h2-9H,10H2,1H3,(H3,20,21,22,23,24). The molecular weight excluding hydrogens is 386 g/mol. The second-order valence-corrected chi connectivity index (χ2v) is 6.63. The van der Waals surface area contributed by atoms with Crippen LogP contribution in [-0.2, 0) is 11.3 Å². The summed E-state index contributed by atoms with van der Waals surface area (Å²) in [5.74, 6) is -0.0436. The van der Waals surface area contributed by atoms with Gasteiger partial charge in [-0.05, 0) is 36.6 Å². The minimum Gasteiger partial charge on any atom is -0.454 e. The Morgan fingerprint density at radius 2 is 1.96 bits per heavy atom. The molecule has 0 amide bonds. The SMILES string of the molecule is CSc1ccc(Cl)c(C(=O)OCc2nc(N)nc(Nc3ccccc3)n2)c1. The van der Waals surface area contributed by atoms with Crippen molar-refractivity contribution in [2.75, 3.05) is 17.3 Å². The predicted molar refractivity (Wildman–Crippen MR) is 106 cm³/mol. The van der Waals surface area contributed by atoms with Crippen LogP contribution in [0.4, 0.5) is 17.6 Å². The van der Waals surface area contributed by atoms with E-state index in [-0.39, 0.29) is 29.9 Å². The Hall–Kier alpha value is -2.84. The number of thioether (sulfide) groups is 1. The number of para-hydroxylation sites is 1. The number of hydrogen-bond donors (Lipinski definition) is 2. The zero-order valence-corrected chi connectivity index (χ0v) is 15.9. The van der Waals surface area contributed by atoms with Gasteiger partial charge in [-0.25, -0.2) is 4.79 Å². The molecule has 3 aromatic rings. The molecule has 1 heterocycles. The van der Waals surface area contributed by atoms with Gasteiger partial charge in [-0.3, -0.25) is 0 Å². The summed E-state index contributed by atoms with van der Waals surface area (Å²) in [6.07, 6.45) is 1.91. The number of carbonyl (C=O) groups excluding carboxylic acids is 1. The Morgan fingerprint density at radius 3 is 2.70 bits per heavy atom. The lowest BCUT2D eigenvalue weighted by Crippen LogP contribution is -2.11. The third kappa shape index (κ3) is 5.08. The van der Waals surface area contributed by atoms with Crippen LogP contribution in [0.5, 0.6) is 0 Å². The van der Waals surface area contributed by atoms with E-state index in [0.29, 0.717) is 5.02 Å². The molecule has 0 aliphatic rings. The number of anilines is 3. The van der Waals surface area contributed by atoms with Crippen LogP contribution in [-0.4, -0.2) is 27.2 Å². The topological polar surface area (TPSA) is 103 Å². The van der Waals surface area contributed by atoms with Gasteiger partial charge in [-0.1, -0.05) is 29.8 Å². The molecule has 9 heteroatoms. The molecule has 0 unspecified atom stereocenters. The molecule has 138 valence electrons. The van der Waals surface area contributed by atoms with Crippen LogP contribution in [0.15, 0.2) is 53.4 Å². The van der Waals surface area contributed by atoms with Crippen LogP contribution >= 0.6 is 23.4 Å². The van der Waals surface area contributed by atoms with Crippen LogP contribution in [0.2, 0.25) is 5.02 Å². The smallest absolute Gasteiger partial charge is 0.340 e. The Balaban J connectivity index is 1.71. The molecule has 0 spiro atoms. The van der Waals surface area contributed by atoms with Crippen molar-refractivity contribution in [2.45, 2.75) is 11.5 Å². The lowest BCUT2D eigenvalue weighted by molar-refractivity contribution is 0.0462. The Morgan fingerprint density at radius 1 is 1.19 bits per heavy atom. The summed E-state index contributed by atoms with van der Waals surface area (Å²) in [6, 6.07) is 14.5. The summed E-state index contributed by atoms with van der Waals surface area (Å²) >= 11 is 7.59. The van der Waals surface area contributed by atoms with Gasteiger partial charge in [0.15, 0.2) is 12.4 Å². The molecule has 0 saturated heterocycles. The lowest BCUT2D eigenvalue weighted by Gasteiger charge is -2.09. The number of halogens is 1. The fourth-order valence-corrected chi connectivity index (χ4v) is 2.84. The highest BCUT2D eigenvalue weighted by Gasteiger charge is 2.14. The van der Waals surface area contributed by atoms with Crippen LogP contribution < -0.4 is 11.1 Å². The number of esters is 1. The van der Waals surface area contributed by atoms with E-state index in [9.17, 15) is 4.79 Å². The van der Waals surface area contributed by atoms with Crippen molar-refractivity contribution in [3.8, 4) is 0 Å². The van der Waals surface area contributed by atoms with E-state index in [1.165, 1.54) is 11.8 Å². The molecule has 27 heavy (non-hydrogen) atoms. The van der Waals surface area contributed by atoms with E-state index in [4.69, 9.17) is 22.1 Å². The number of benzene rings is 2. The normalized spacial score (nSPS) is 10.4. The molecule has 0 saturated carbocycles. The number of nitrogens with zero attached hydrogens (tertiary/aromatic N) is 3. The molecule has 0 bridgehead atoms. The molecule has 2 aromatic carbocycles. The van der Waals surface area contributed by atoms with Crippen LogP contribution in [0, 0.1) is 0 Å². The number of carbonyl (C=O) groups is 1. The van der Waals surface area contributed by atoms with E-state index in [1.54, 1.807) is 12.1 Å². The molecule has 0 aliphatic heterocycles. The van der Waals surface area contributed by atoms with Crippen molar-refractivity contribution in [2.24, 2.45) is 0 Å². The first kappa shape index (κ1) is 18.9. The van der Waals surface area contributed by atoms with Crippen molar-refractivity contribution < 1.29 is 9.53 Å². The summed E-state index contributed by atoms with van der Waals surface area (Å²) in [5.41, 5.74) is 6.81. The average Bonchev–Trinajstić information content (AvgIpc) is 2.67. The summed E-state index contributed by atoms with van der Waals surface area (Å²) in [7, 11) is 0. The van der Waals surface area contributed by atoms with Gasteiger partial charge in [0.05, 0.1) is 10.6 Å². The lowest BCUT2D eigenvalue weighted by atomic mass is 10.2. The maximum atomic E-state index is 12.3. The number of aromatic nitrogens is 3. The van der Waals surface area contributed by atoms with Gasteiger partial charge >= 0.3 is 5.97 Å². The Kier molecular flexibility index (Phi) is 6.10. The van der Waals surface area contributed by atoms with Gasteiger partial charge in [-0.15, -0.1) is 11.8 Å². The zero-order chi connectivity index (χ0) is 19.2. The van der Waals surface area contributed by atoms with Gasteiger partial charge in [-0.2, -0.15) is 15.0 Å². The molecule has 7 nitrogen and oxygen atoms in total.